The van der Waals surface area contributed by atoms with Crippen molar-refractivity contribution in [2.45, 2.75) is 68.8 Å². The van der Waals surface area contributed by atoms with E-state index >= 15 is 0 Å². The quantitative estimate of drug-likeness (QED) is 0.753. The molecule has 9 nitrogen and oxygen atoms in total. The molecule has 1 aromatic rings. The van der Waals surface area contributed by atoms with E-state index in [1.54, 1.807) is 6.92 Å². The van der Waals surface area contributed by atoms with Crippen molar-refractivity contribution in [2.24, 2.45) is 0 Å². The van der Waals surface area contributed by atoms with Crippen LogP contribution < -0.4 is 4.74 Å². The van der Waals surface area contributed by atoms with E-state index in [0.717, 1.165) is 38.5 Å². The minimum absolute atomic E-state index is 0.0108. The van der Waals surface area contributed by atoms with E-state index in [2.05, 4.69) is 9.97 Å². The summed E-state index contributed by atoms with van der Waals surface area (Å²) < 4.78 is 35.5. The number of piperidine rings is 1. The fraction of sp³-hybridized carbons (Fsp3) is 0.722. The normalized spacial score (nSPS) is 24.1. The van der Waals surface area contributed by atoms with Crippen LogP contribution in [0.15, 0.2) is 17.4 Å². The van der Waals surface area contributed by atoms with Crippen molar-refractivity contribution in [3.63, 3.8) is 0 Å². The molecule has 0 spiro atoms. The van der Waals surface area contributed by atoms with E-state index < -0.39 is 15.9 Å². The lowest BCUT2D eigenvalue weighted by Gasteiger charge is -2.35. The Balaban J connectivity index is 1.41. The molecule has 2 aliphatic rings. The Bertz CT molecular complexity index is 754. The lowest BCUT2D eigenvalue weighted by molar-refractivity contribution is -0.0644. The van der Waals surface area contributed by atoms with Gasteiger partial charge in [-0.25, -0.2) is 23.2 Å². The van der Waals surface area contributed by atoms with Crippen LogP contribution in [-0.2, 0) is 14.6 Å². The van der Waals surface area contributed by atoms with Crippen molar-refractivity contribution in [2.75, 3.05) is 18.8 Å². The van der Waals surface area contributed by atoms with Crippen LogP contribution in [0.1, 0.15) is 45.4 Å². The summed E-state index contributed by atoms with van der Waals surface area (Å²) in [7, 11) is -3.36. The van der Waals surface area contributed by atoms with Crippen LogP contribution in [0.25, 0.3) is 0 Å². The smallest absolute Gasteiger partial charge is 0.407 e. The summed E-state index contributed by atoms with van der Waals surface area (Å²) in [5.41, 5.74) is 0. The summed E-state index contributed by atoms with van der Waals surface area (Å²) in [6, 6.07) is 0. The number of ether oxygens (including phenoxy) is 2. The number of carbonyl (C=O) groups is 1. The number of hydrogen-bond donors (Lipinski definition) is 1. The summed E-state index contributed by atoms with van der Waals surface area (Å²) in [5, 5.41) is 8.96. The molecule has 0 aromatic carbocycles. The minimum Gasteiger partial charge on any atom is -0.473 e. The van der Waals surface area contributed by atoms with Crippen molar-refractivity contribution in [1.29, 1.82) is 0 Å². The second-order valence-electron chi connectivity index (χ2n) is 7.22. The third-order valence-corrected chi connectivity index (χ3v) is 6.92. The second-order valence-corrected chi connectivity index (χ2v) is 9.44. The van der Waals surface area contributed by atoms with Crippen LogP contribution in [-0.4, -0.2) is 71.6 Å². The van der Waals surface area contributed by atoms with Crippen LogP contribution in [0.2, 0.25) is 0 Å². The number of sulfone groups is 1. The number of carboxylic acid groups (broad SMARTS) is 1. The number of aromatic nitrogens is 2. The molecule has 1 aliphatic heterocycles. The molecule has 156 valence electrons. The standard InChI is InChI=1S/C18H27N3O6S/c1-2-28(24,25)17-12-19-16(11-20-17)27-14-5-3-13(4-6-14)26-15-7-9-21(10-8-15)18(22)23/h11-15H,2-10H2,1H3,(H,22,23). The summed E-state index contributed by atoms with van der Waals surface area (Å²) in [6.45, 7) is 2.62. The zero-order valence-corrected chi connectivity index (χ0v) is 16.8. The third-order valence-electron chi connectivity index (χ3n) is 5.31. The fourth-order valence-corrected chi connectivity index (χ4v) is 4.31. The highest BCUT2D eigenvalue weighted by molar-refractivity contribution is 7.91. The molecule has 3 rings (SSSR count). The summed E-state index contributed by atoms with van der Waals surface area (Å²) in [4.78, 5) is 20.4. The molecule has 1 aliphatic carbocycles. The number of likely N-dealkylation sites (tertiary alicyclic amines) is 1. The van der Waals surface area contributed by atoms with Gasteiger partial charge in [0.05, 0.1) is 30.4 Å². The molecule has 0 unspecified atom stereocenters. The molecule has 1 saturated heterocycles. The molecule has 0 bridgehead atoms. The Morgan fingerprint density at radius 2 is 1.68 bits per heavy atom. The highest BCUT2D eigenvalue weighted by Gasteiger charge is 2.28. The Labute approximate surface area is 165 Å². The van der Waals surface area contributed by atoms with Crippen LogP contribution >= 0.6 is 0 Å². The van der Waals surface area contributed by atoms with E-state index in [1.807, 2.05) is 0 Å². The Kier molecular flexibility index (Phi) is 6.71. The largest absolute Gasteiger partial charge is 0.473 e. The molecule has 2 heterocycles. The van der Waals surface area contributed by atoms with Gasteiger partial charge in [-0.1, -0.05) is 6.92 Å². The van der Waals surface area contributed by atoms with Gasteiger partial charge in [0.25, 0.3) is 0 Å². The maximum atomic E-state index is 11.8. The number of amides is 1. The predicted octanol–water partition coefficient (Wildman–Crippen LogP) is 2.12. The topological polar surface area (TPSA) is 119 Å². The van der Waals surface area contributed by atoms with Crippen molar-refractivity contribution < 1.29 is 27.8 Å². The SMILES string of the molecule is CCS(=O)(=O)c1cnc(OC2CCC(OC3CCN(C(=O)O)CC3)CC2)cn1. The van der Waals surface area contributed by atoms with Gasteiger partial charge in [-0.05, 0) is 38.5 Å². The highest BCUT2D eigenvalue weighted by Crippen LogP contribution is 2.27. The molecule has 1 amide bonds. The summed E-state index contributed by atoms with van der Waals surface area (Å²) in [6.07, 6.45) is 6.94. The maximum absolute atomic E-state index is 11.8. The molecule has 0 atom stereocenters. The van der Waals surface area contributed by atoms with E-state index in [4.69, 9.17) is 14.6 Å². The molecule has 2 fully saturated rings. The van der Waals surface area contributed by atoms with Gasteiger partial charge in [0.1, 0.15) is 6.10 Å². The number of rotatable bonds is 6. The van der Waals surface area contributed by atoms with Crippen molar-refractivity contribution in [3.05, 3.63) is 12.4 Å². The van der Waals surface area contributed by atoms with Gasteiger partial charge < -0.3 is 19.5 Å². The average molecular weight is 413 g/mol. The fourth-order valence-electron chi connectivity index (χ4n) is 3.59. The second kappa shape index (κ2) is 9.04. The van der Waals surface area contributed by atoms with Crippen LogP contribution in [0.5, 0.6) is 5.88 Å². The first-order valence-electron chi connectivity index (χ1n) is 9.72. The van der Waals surface area contributed by atoms with Gasteiger partial charge in [0, 0.05) is 13.1 Å². The van der Waals surface area contributed by atoms with Crippen LogP contribution in [0.3, 0.4) is 0 Å². The molecule has 0 radical (unpaired) electrons. The van der Waals surface area contributed by atoms with E-state index in [-0.39, 0.29) is 29.1 Å². The Hall–Kier alpha value is -1.94. The first-order valence-corrected chi connectivity index (χ1v) is 11.4. The van der Waals surface area contributed by atoms with Gasteiger partial charge in [-0.2, -0.15) is 0 Å². The molecule has 1 saturated carbocycles. The first-order chi connectivity index (χ1) is 13.4. The number of hydrogen-bond acceptors (Lipinski definition) is 7. The molecule has 1 aromatic heterocycles. The van der Waals surface area contributed by atoms with Gasteiger partial charge in [-0.3, -0.25) is 0 Å². The predicted molar refractivity (Wildman–Crippen MR) is 100 cm³/mol. The van der Waals surface area contributed by atoms with Crippen molar-refractivity contribution in [1.82, 2.24) is 14.9 Å². The molecule has 10 heteroatoms. The lowest BCUT2D eigenvalue weighted by atomic mass is 9.94. The molecule has 28 heavy (non-hydrogen) atoms. The van der Waals surface area contributed by atoms with E-state index in [9.17, 15) is 13.2 Å². The zero-order valence-electron chi connectivity index (χ0n) is 16.0. The maximum Gasteiger partial charge on any atom is 0.407 e. The van der Waals surface area contributed by atoms with Crippen LogP contribution in [0.4, 0.5) is 4.79 Å². The van der Waals surface area contributed by atoms with Crippen molar-refractivity contribution in [3.8, 4) is 5.88 Å². The Morgan fingerprint density at radius 1 is 1.07 bits per heavy atom. The average Bonchev–Trinajstić information content (AvgIpc) is 2.70. The van der Waals surface area contributed by atoms with Crippen LogP contribution in [0, 0.1) is 0 Å². The number of nitrogens with zero attached hydrogens (tertiary/aromatic N) is 3. The van der Waals surface area contributed by atoms with E-state index in [1.165, 1.54) is 17.3 Å². The Morgan fingerprint density at radius 3 is 2.21 bits per heavy atom. The molecular formula is C18H27N3O6S. The lowest BCUT2D eigenvalue weighted by Crippen LogP contribution is -2.41. The third kappa shape index (κ3) is 5.32. The van der Waals surface area contributed by atoms with Gasteiger partial charge in [0.15, 0.2) is 14.9 Å². The zero-order chi connectivity index (χ0) is 20.1. The van der Waals surface area contributed by atoms with Gasteiger partial charge >= 0.3 is 6.09 Å². The van der Waals surface area contributed by atoms with Gasteiger partial charge in [0.2, 0.25) is 5.88 Å². The highest BCUT2D eigenvalue weighted by atomic mass is 32.2. The molecule has 1 N–H and O–H groups in total. The van der Waals surface area contributed by atoms with E-state index in [0.29, 0.717) is 19.0 Å². The van der Waals surface area contributed by atoms with Gasteiger partial charge in [-0.15, -0.1) is 0 Å². The minimum atomic E-state index is -3.36. The molecular weight excluding hydrogens is 386 g/mol. The monoisotopic (exact) mass is 413 g/mol. The summed E-state index contributed by atoms with van der Waals surface area (Å²) >= 11 is 0. The van der Waals surface area contributed by atoms with Crippen molar-refractivity contribution >= 4 is 15.9 Å². The summed E-state index contributed by atoms with van der Waals surface area (Å²) in [5.74, 6) is 0.321. The first kappa shape index (κ1) is 20.8.